The van der Waals surface area contributed by atoms with E-state index in [0.29, 0.717) is 4.68 Å². The van der Waals surface area contributed by atoms with Crippen LogP contribution in [0.25, 0.3) is 17.3 Å². The number of carboxylic acid groups (broad SMARTS) is 1. The number of hydrogen-bond acceptors (Lipinski definition) is 2. The summed E-state index contributed by atoms with van der Waals surface area (Å²) in [4.78, 5) is 10.8. The third-order valence-corrected chi connectivity index (χ3v) is 4.04. The van der Waals surface area contributed by atoms with Crippen molar-refractivity contribution in [3.63, 3.8) is 0 Å². The van der Waals surface area contributed by atoms with Gasteiger partial charge >= 0.3 is 12.1 Å². The first-order valence-corrected chi connectivity index (χ1v) is 7.46. The summed E-state index contributed by atoms with van der Waals surface area (Å²) in [5.74, 6) is -2.44. The van der Waals surface area contributed by atoms with Gasteiger partial charge in [-0.2, -0.15) is 18.3 Å². The minimum atomic E-state index is -4.80. The molecule has 1 N–H and O–H groups in total. The molecule has 0 bridgehead atoms. The zero-order chi connectivity index (χ0) is 19.1. The quantitative estimate of drug-likeness (QED) is 0.550. The van der Waals surface area contributed by atoms with E-state index < -0.39 is 39.4 Å². The summed E-state index contributed by atoms with van der Waals surface area (Å²) in [6.45, 7) is 0. The van der Waals surface area contributed by atoms with Gasteiger partial charge < -0.3 is 5.11 Å². The van der Waals surface area contributed by atoms with Crippen LogP contribution in [0.5, 0.6) is 0 Å². The third kappa shape index (κ3) is 3.91. The van der Waals surface area contributed by atoms with Crippen molar-refractivity contribution in [1.82, 2.24) is 9.78 Å². The van der Waals surface area contributed by atoms with Crippen molar-refractivity contribution < 1.29 is 27.5 Å². The minimum absolute atomic E-state index is 0.0271. The van der Waals surface area contributed by atoms with Gasteiger partial charge in [0.15, 0.2) is 5.69 Å². The molecule has 1 aromatic carbocycles. The number of halogens is 7. The average molecular weight is 418 g/mol. The molecule has 11 heteroatoms. The predicted octanol–water partition coefficient (Wildman–Crippen LogP) is 5.22. The smallest absolute Gasteiger partial charge is 0.434 e. The second-order valence-corrected chi connectivity index (χ2v) is 5.98. The maximum Gasteiger partial charge on any atom is 0.434 e. The molecule has 0 spiro atoms. The van der Waals surface area contributed by atoms with Crippen LogP contribution >= 0.6 is 34.8 Å². The van der Waals surface area contributed by atoms with Gasteiger partial charge in [0, 0.05) is 12.6 Å². The van der Waals surface area contributed by atoms with Gasteiger partial charge in [0.2, 0.25) is 0 Å². The zero-order valence-corrected chi connectivity index (χ0v) is 14.4. The first-order valence-electron chi connectivity index (χ1n) is 6.33. The monoisotopic (exact) mass is 416 g/mol. The van der Waals surface area contributed by atoms with Crippen molar-refractivity contribution in [3.05, 3.63) is 44.3 Å². The fourth-order valence-electron chi connectivity index (χ4n) is 2.03. The Kier molecular flexibility index (Phi) is 5.36. The topological polar surface area (TPSA) is 55.1 Å². The van der Waals surface area contributed by atoms with E-state index in [2.05, 4.69) is 5.10 Å². The van der Waals surface area contributed by atoms with Crippen molar-refractivity contribution in [2.24, 2.45) is 7.05 Å². The van der Waals surface area contributed by atoms with E-state index in [4.69, 9.17) is 39.9 Å². The number of aliphatic carboxylic acids is 1. The Morgan fingerprint density at radius 2 is 1.92 bits per heavy atom. The maximum atomic E-state index is 14.2. The summed E-state index contributed by atoms with van der Waals surface area (Å²) in [7, 11) is 1.01. The largest absolute Gasteiger partial charge is 0.477 e. The lowest BCUT2D eigenvalue weighted by atomic mass is 10.1. The molecule has 4 nitrogen and oxygen atoms in total. The van der Waals surface area contributed by atoms with E-state index in [1.807, 2.05) is 0 Å². The van der Waals surface area contributed by atoms with Gasteiger partial charge in [0.25, 0.3) is 0 Å². The number of rotatable bonds is 3. The molecule has 0 atom stereocenters. The Hall–Kier alpha value is -1.77. The summed E-state index contributed by atoms with van der Waals surface area (Å²) in [5, 5.41) is 10.8. The summed E-state index contributed by atoms with van der Waals surface area (Å²) in [6.07, 6.45) is -3.87. The summed E-state index contributed by atoms with van der Waals surface area (Å²) in [5.41, 5.74) is -2.13. The predicted molar refractivity (Wildman–Crippen MR) is 85.1 cm³/mol. The van der Waals surface area contributed by atoms with Crippen LogP contribution < -0.4 is 0 Å². The lowest BCUT2D eigenvalue weighted by Gasteiger charge is -2.07. The Bertz CT molecular complexity index is 891. The zero-order valence-electron chi connectivity index (χ0n) is 12.1. The molecule has 0 unspecified atom stereocenters. The Balaban J connectivity index is 2.69. The number of benzene rings is 1. The first kappa shape index (κ1) is 19.6. The molecule has 25 heavy (non-hydrogen) atoms. The van der Waals surface area contributed by atoms with Crippen molar-refractivity contribution in [2.45, 2.75) is 6.18 Å². The molecule has 0 radical (unpaired) electrons. The number of aryl methyl sites for hydroxylation is 1. The molecule has 0 amide bonds. The van der Waals surface area contributed by atoms with E-state index in [1.165, 1.54) is 0 Å². The van der Waals surface area contributed by atoms with Crippen LogP contribution in [-0.4, -0.2) is 20.9 Å². The van der Waals surface area contributed by atoms with E-state index >= 15 is 0 Å². The molecule has 0 aliphatic rings. The normalized spacial score (nSPS) is 12.6. The lowest BCUT2D eigenvalue weighted by Crippen LogP contribution is -2.12. The van der Waals surface area contributed by atoms with Crippen LogP contribution in [0.3, 0.4) is 0 Å². The molecule has 0 aliphatic heterocycles. The molecule has 1 heterocycles. The molecule has 2 rings (SSSR count). The van der Waals surface area contributed by atoms with E-state index in [0.717, 1.165) is 25.3 Å². The standard InChI is InChI=1S/C14H7Cl3F4N2O2/c1-23-12(14(19,20)21)10(17)11(22-23)6-2-5(3-8(16)13(24)25)7(15)4-9(6)18/h2-4H,1H3,(H,24,25). The van der Waals surface area contributed by atoms with E-state index in [-0.39, 0.29) is 16.1 Å². The number of aromatic nitrogens is 2. The first-order chi connectivity index (χ1) is 11.4. The third-order valence-electron chi connectivity index (χ3n) is 3.09. The highest BCUT2D eigenvalue weighted by Gasteiger charge is 2.39. The van der Waals surface area contributed by atoms with Crippen LogP contribution in [0.4, 0.5) is 17.6 Å². The summed E-state index contributed by atoms with van der Waals surface area (Å²) in [6, 6.07) is 1.81. The van der Waals surface area contributed by atoms with Gasteiger partial charge in [-0.1, -0.05) is 34.8 Å². The summed E-state index contributed by atoms with van der Waals surface area (Å²) >= 11 is 17.0. The van der Waals surface area contributed by atoms with Crippen LogP contribution in [0.15, 0.2) is 17.2 Å². The Morgan fingerprint density at radius 1 is 1.32 bits per heavy atom. The number of carbonyl (C=O) groups is 1. The lowest BCUT2D eigenvalue weighted by molar-refractivity contribution is -0.143. The van der Waals surface area contributed by atoms with E-state index in [1.54, 1.807) is 0 Å². The molecule has 0 saturated heterocycles. The summed E-state index contributed by atoms with van der Waals surface area (Å²) < 4.78 is 53.6. The SMILES string of the molecule is Cn1nc(-c2cc(C=C(Cl)C(=O)O)c(Cl)cc2F)c(Cl)c1C(F)(F)F. The minimum Gasteiger partial charge on any atom is -0.477 e. The van der Waals surface area contributed by atoms with Crippen LogP contribution in [0, 0.1) is 5.82 Å². The fraction of sp³-hybridized carbons (Fsp3) is 0.143. The molecule has 0 aliphatic carbocycles. The van der Waals surface area contributed by atoms with Gasteiger partial charge in [-0.15, -0.1) is 0 Å². The number of carboxylic acids is 1. The Labute approximate surface area is 153 Å². The van der Waals surface area contributed by atoms with Gasteiger partial charge in [0.05, 0.1) is 10.0 Å². The molecular weight excluding hydrogens is 411 g/mol. The van der Waals surface area contributed by atoms with Crippen LogP contribution in [-0.2, 0) is 18.0 Å². The van der Waals surface area contributed by atoms with E-state index in [9.17, 15) is 22.4 Å². The van der Waals surface area contributed by atoms with Crippen molar-refractivity contribution in [3.8, 4) is 11.3 Å². The van der Waals surface area contributed by atoms with Gasteiger partial charge in [-0.05, 0) is 23.8 Å². The molecular formula is C14H7Cl3F4N2O2. The highest BCUT2D eigenvalue weighted by Crippen LogP contribution is 2.41. The van der Waals surface area contributed by atoms with Crippen molar-refractivity contribution in [1.29, 1.82) is 0 Å². The van der Waals surface area contributed by atoms with Gasteiger partial charge in [0.1, 0.15) is 16.5 Å². The number of alkyl halides is 3. The number of hydrogen-bond donors (Lipinski definition) is 1. The second kappa shape index (κ2) is 6.86. The second-order valence-electron chi connectivity index (χ2n) is 4.78. The molecule has 2 aromatic rings. The van der Waals surface area contributed by atoms with Gasteiger partial charge in [-0.25, -0.2) is 9.18 Å². The molecule has 0 saturated carbocycles. The molecule has 1 aromatic heterocycles. The molecule has 134 valence electrons. The van der Waals surface area contributed by atoms with Gasteiger partial charge in [-0.3, -0.25) is 4.68 Å². The maximum absolute atomic E-state index is 14.2. The van der Waals surface area contributed by atoms with Crippen molar-refractivity contribution >= 4 is 46.8 Å². The van der Waals surface area contributed by atoms with Crippen molar-refractivity contribution in [2.75, 3.05) is 0 Å². The highest BCUT2D eigenvalue weighted by molar-refractivity contribution is 6.43. The Morgan fingerprint density at radius 3 is 2.40 bits per heavy atom. The highest BCUT2D eigenvalue weighted by atomic mass is 35.5. The fourth-order valence-corrected chi connectivity index (χ4v) is 2.73. The van der Waals surface area contributed by atoms with Crippen LogP contribution in [0.1, 0.15) is 11.3 Å². The van der Waals surface area contributed by atoms with Crippen LogP contribution in [0.2, 0.25) is 10.0 Å². The molecule has 0 fully saturated rings. The number of nitrogens with zero attached hydrogens (tertiary/aromatic N) is 2. The average Bonchev–Trinajstić information content (AvgIpc) is 2.76.